The number of nitrogens with one attached hydrogen (secondary N) is 3. The zero-order valence-electron chi connectivity index (χ0n) is 21.7. The van der Waals surface area contributed by atoms with Crippen LogP contribution in [0.3, 0.4) is 0 Å². The topological polar surface area (TPSA) is 122 Å². The Balaban J connectivity index is 0.951. The minimum Gasteiger partial charge on any atom is -0.443 e. The molecule has 3 N–H and O–H groups in total. The van der Waals surface area contributed by atoms with Crippen molar-refractivity contribution in [2.75, 3.05) is 18.4 Å². The first-order chi connectivity index (χ1) is 19.4. The van der Waals surface area contributed by atoms with Gasteiger partial charge >= 0.3 is 12.7 Å². The quantitative estimate of drug-likeness (QED) is 0.362. The van der Waals surface area contributed by atoms with Crippen LogP contribution in [0, 0.1) is 11.8 Å². The number of carbonyl (C=O) groups excluding carboxylic acids is 1. The summed E-state index contributed by atoms with van der Waals surface area (Å²) in [5.74, 6) is 1.79. The van der Waals surface area contributed by atoms with E-state index in [0.717, 1.165) is 24.5 Å². The van der Waals surface area contributed by atoms with Gasteiger partial charge < -0.3 is 20.1 Å². The lowest BCUT2D eigenvalue weighted by Crippen LogP contribution is -2.57. The summed E-state index contributed by atoms with van der Waals surface area (Å²) < 4.78 is 51.8. The Labute approximate surface area is 227 Å². The molecule has 0 radical (unpaired) electrons. The first-order valence-electron chi connectivity index (χ1n) is 13.8. The van der Waals surface area contributed by atoms with Gasteiger partial charge in [-0.05, 0) is 50.0 Å². The van der Waals surface area contributed by atoms with Gasteiger partial charge in [0.25, 0.3) is 0 Å². The summed E-state index contributed by atoms with van der Waals surface area (Å²) in [4.78, 5) is 23.3. The number of rotatable bonds is 9. The van der Waals surface area contributed by atoms with Gasteiger partial charge in [0.05, 0.1) is 11.8 Å². The molecule has 4 aliphatic rings. The van der Waals surface area contributed by atoms with Crippen LogP contribution in [-0.4, -0.2) is 79.7 Å². The van der Waals surface area contributed by atoms with E-state index in [9.17, 15) is 13.6 Å². The maximum Gasteiger partial charge on any atom is 0.407 e. The van der Waals surface area contributed by atoms with E-state index < -0.39 is 37.0 Å². The summed E-state index contributed by atoms with van der Waals surface area (Å²) >= 11 is 0. The van der Waals surface area contributed by atoms with Crippen LogP contribution in [0.25, 0.3) is 5.65 Å². The number of aromatic amines is 1. The lowest BCUT2D eigenvalue weighted by molar-refractivity contribution is -0.197. The molecule has 3 aromatic rings. The first-order valence-corrected chi connectivity index (χ1v) is 13.8. The summed E-state index contributed by atoms with van der Waals surface area (Å²) in [5.41, 5.74) is 2.05. The third kappa shape index (κ3) is 4.87. The predicted octanol–water partition coefficient (Wildman–Crippen LogP) is 3.73. The number of carbonyl (C=O) groups is 1. The molecule has 0 bridgehead atoms. The van der Waals surface area contributed by atoms with Gasteiger partial charge in [0.15, 0.2) is 5.82 Å². The van der Waals surface area contributed by atoms with Crippen LogP contribution in [0.15, 0.2) is 24.5 Å². The number of ether oxygens (including phenoxy) is 2. The zero-order chi connectivity index (χ0) is 27.4. The second-order valence-electron chi connectivity index (χ2n) is 11.3. The second-order valence-corrected chi connectivity index (χ2v) is 11.3. The molecule has 11 nitrogen and oxygen atoms in total. The Morgan fingerprint density at radius 1 is 1.23 bits per heavy atom. The minimum absolute atomic E-state index is 0.169. The van der Waals surface area contributed by atoms with E-state index in [-0.39, 0.29) is 6.04 Å². The molecule has 6 atom stereocenters. The molecule has 3 aromatic heterocycles. The number of imidazole rings is 1. The minimum atomic E-state index is -2.76. The van der Waals surface area contributed by atoms with Gasteiger partial charge in [-0.3, -0.25) is 14.4 Å². The van der Waals surface area contributed by atoms with Crippen molar-refractivity contribution in [3.63, 3.8) is 0 Å². The number of nitrogens with zero attached hydrogens (tertiary/aromatic N) is 5. The van der Waals surface area contributed by atoms with Crippen LogP contribution in [-0.2, 0) is 16.0 Å². The number of amides is 1. The van der Waals surface area contributed by atoms with Crippen molar-refractivity contribution in [2.45, 2.75) is 75.6 Å². The number of hydrogen-bond acceptors (Lipinski definition) is 8. The Morgan fingerprint density at radius 2 is 2.10 bits per heavy atom. The van der Waals surface area contributed by atoms with Gasteiger partial charge in [0.2, 0.25) is 5.95 Å². The monoisotopic (exact) mass is 560 g/mol. The zero-order valence-corrected chi connectivity index (χ0v) is 21.7. The number of anilines is 2. The molecular weight excluding hydrogens is 529 g/mol. The Morgan fingerprint density at radius 3 is 2.85 bits per heavy atom. The van der Waals surface area contributed by atoms with E-state index in [4.69, 9.17) is 4.74 Å². The molecule has 3 aliphatic carbocycles. The van der Waals surface area contributed by atoms with Gasteiger partial charge in [-0.2, -0.15) is 13.9 Å². The number of alkyl halides is 3. The van der Waals surface area contributed by atoms with Crippen molar-refractivity contribution in [1.29, 1.82) is 0 Å². The molecule has 0 aromatic carbocycles. The second kappa shape index (κ2) is 10.2. The van der Waals surface area contributed by atoms with Crippen LogP contribution in [0.2, 0.25) is 0 Å². The average Bonchev–Trinajstić information content (AvgIpc) is 3.60. The van der Waals surface area contributed by atoms with Crippen molar-refractivity contribution in [3.05, 3.63) is 35.9 Å². The Kier molecular flexibility index (Phi) is 6.53. The highest BCUT2D eigenvalue weighted by atomic mass is 19.3. The molecule has 3 unspecified atom stereocenters. The lowest BCUT2D eigenvalue weighted by atomic mass is 9.56. The molecule has 1 aliphatic heterocycles. The van der Waals surface area contributed by atoms with Crippen molar-refractivity contribution in [3.8, 4) is 0 Å². The van der Waals surface area contributed by atoms with Crippen LogP contribution in [0.1, 0.15) is 49.4 Å². The van der Waals surface area contributed by atoms with Gasteiger partial charge in [0, 0.05) is 55.7 Å². The normalized spacial score (nSPS) is 30.0. The smallest absolute Gasteiger partial charge is 0.407 e. The van der Waals surface area contributed by atoms with Crippen molar-refractivity contribution >= 4 is 23.5 Å². The fraction of sp³-hybridized carbons (Fsp3) is 0.615. The maximum absolute atomic E-state index is 15.3. The van der Waals surface area contributed by atoms with Crippen LogP contribution in [0.4, 0.5) is 29.7 Å². The Hall–Kier alpha value is -3.39. The summed E-state index contributed by atoms with van der Waals surface area (Å²) in [7, 11) is 0. The number of fused-ring (bicyclic) bond motifs is 2. The molecule has 7 rings (SSSR count). The molecule has 214 valence electrons. The summed E-state index contributed by atoms with van der Waals surface area (Å²) in [6.45, 7) is -1.42. The van der Waals surface area contributed by atoms with E-state index in [1.165, 1.54) is 6.42 Å². The van der Waals surface area contributed by atoms with Crippen molar-refractivity contribution in [2.24, 2.45) is 11.8 Å². The molecule has 4 heterocycles. The number of hydrogen-bond donors (Lipinski definition) is 3. The number of H-pyrrole nitrogens is 1. The predicted molar refractivity (Wildman–Crippen MR) is 136 cm³/mol. The average molecular weight is 561 g/mol. The van der Waals surface area contributed by atoms with Crippen LogP contribution < -0.4 is 10.6 Å². The van der Waals surface area contributed by atoms with E-state index >= 15 is 4.39 Å². The van der Waals surface area contributed by atoms with Crippen LogP contribution in [0.5, 0.6) is 0 Å². The maximum atomic E-state index is 15.3. The molecule has 1 saturated heterocycles. The number of aromatic nitrogens is 5. The highest BCUT2D eigenvalue weighted by Gasteiger charge is 2.48. The van der Waals surface area contributed by atoms with Crippen LogP contribution >= 0.6 is 0 Å². The molecule has 40 heavy (non-hydrogen) atoms. The lowest BCUT2D eigenvalue weighted by Gasteiger charge is -2.52. The third-order valence-corrected chi connectivity index (χ3v) is 8.89. The van der Waals surface area contributed by atoms with Gasteiger partial charge in [-0.1, -0.05) is 0 Å². The molecular formula is C26H31F3N8O3. The van der Waals surface area contributed by atoms with E-state index in [0.29, 0.717) is 61.5 Å². The van der Waals surface area contributed by atoms with Crippen molar-refractivity contribution < 1.29 is 27.4 Å². The highest BCUT2D eigenvalue weighted by molar-refractivity contribution is 5.68. The standard InChI is InChI=1S/C26H31F3N8O3/c27-23-17(3-4-20(23)40-26(38)32-18-7-13-1-2-16(13)18)19-8-21(35-34-19)33-25-30-6-5-22-31-14(10-37(22)25)9-36-11-15(12-36)39-24(28)29/h5-6,8,10,13,15-18,20,23-24H,1-4,7,9,11-12H2,(H,32,38)(H2,30,33,34,35)/t13?,16?,17-,18?,20-,23+/m1/s1. The molecule has 3 saturated carbocycles. The highest BCUT2D eigenvalue weighted by Crippen LogP contribution is 2.50. The SMILES string of the molecule is O=C(NC1CC2CCC21)O[C@@H]1CC[C@H](c2cc(Nc3nccc4nc(CN5CC(OC(F)F)C5)cn34)n[nH]2)[C@@H]1F. The van der Waals surface area contributed by atoms with Gasteiger partial charge in [-0.15, -0.1) is 0 Å². The van der Waals surface area contributed by atoms with E-state index in [1.54, 1.807) is 22.7 Å². The fourth-order valence-electron chi connectivity index (χ4n) is 6.54. The molecule has 14 heteroatoms. The van der Waals surface area contributed by atoms with Gasteiger partial charge in [-0.25, -0.2) is 19.2 Å². The number of alkyl carbamates (subject to hydrolysis) is 1. The summed E-state index contributed by atoms with van der Waals surface area (Å²) in [5, 5.41) is 13.3. The van der Waals surface area contributed by atoms with E-state index in [1.807, 2.05) is 11.1 Å². The first kappa shape index (κ1) is 25.6. The third-order valence-electron chi connectivity index (χ3n) is 8.89. The fourth-order valence-corrected chi connectivity index (χ4v) is 6.54. The summed E-state index contributed by atoms with van der Waals surface area (Å²) in [6, 6.07) is 3.68. The molecule has 1 amide bonds. The Bertz CT molecular complexity index is 1380. The number of halogens is 3. The summed E-state index contributed by atoms with van der Waals surface area (Å²) in [6.07, 6.45) is 4.71. The van der Waals surface area contributed by atoms with Gasteiger partial charge in [0.1, 0.15) is 17.9 Å². The van der Waals surface area contributed by atoms with Crippen molar-refractivity contribution in [1.82, 2.24) is 34.8 Å². The largest absolute Gasteiger partial charge is 0.443 e. The molecule has 0 spiro atoms. The molecule has 4 fully saturated rings. The number of likely N-dealkylation sites (tertiary alicyclic amines) is 1. The van der Waals surface area contributed by atoms with E-state index in [2.05, 4.69) is 35.5 Å².